The largest absolute Gasteiger partial charge is 0.481 e. The summed E-state index contributed by atoms with van der Waals surface area (Å²) in [5.41, 5.74) is 0. The summed E-state index contributed by atoms with van der Waals surface area (Å²) >= 11 is 0. The number of piperidine rings is 1. The second kappa shape index (κ2) is 7.20. The smallest absolute Gasteiger partial charge is 0.317 e. The Bertz CT molecular complexity index is 296. The zero-order valence-corrected chi connectivity index (χ0v) is 10.8. The molecule has 0 bridgehead atoms. The molecule has 104 valence electrons. The van der Waals surface area contributed by atoms with Gasteiger partial charge in [-0.25, -0.2) is 4.79 Å². The van der Waals surface area contributed by atoms with Crippen LogP contribution in [0.4, 0.5) is 4.79 Å². The maximum absolute atomic E-state index is 12.0. The van der Waals surface area contributed by atoms with Crippen molar-refractivity contribution in [2.24, 2.45) is 0 Å². The van der Waals surface area contributed by atoms with Crippen LogP contribution in [0.5, 0.6) is 0 Å². The number of aliphatic hydroxyl groups is 1. The number of urea groups is 1. The molecule has 6 heteroatoms. The fraction of sp³-hybridized carbons (Fsp3) is 0.833. The Morgan fingerprint density at radius 3 is 2.72 bits per heavy atom. The number of carboxylic acids is 1. The van der Waals surface area contributed by atoms with Crippen LogP contribution in [0.25, 0.3) is 0 Å². The molecule has 0 aliphatic carbocycles. The number of carbonyl (C=O) groups excluding carboxylic acids is 1. The molecular weight excluding hydrogens is 236 g/mol. The van der Waals surface area contributed by atoms with Crippen molar-refractivity contribution < 1.29 is 19.8 Å². The van der Waals surface area contributed by atoms with Gasteiger partial charge in [-0.1, -0.05) is 6.92 Å². The second-order valence-electron chi connectivity index (χ2n) is 4.68. The molecule has 0 aromatic carbocycles. The summed E-state index contributed by atoms with van der Waals surface area (Å²) in [6, 6.07) is -0.751. The van der Waals surface area contributed by atoms with Crippen LogP contribution in [-0.4, -0.2) is 52.3 Å². The second-order valence-corrected chi connectivity index (χ2v) is 4.68. The highest BCUT2D eigenvalue weighted by Crippen LogP contribution is 2.16. The monoisotopic (exact) mass is 258 g/mol. The van der Waals surface area contributed by atoms with Crippen LogP contribution in [-0.2, 0) is 4.79 Å². The van der Waals surface area contributed by atoms with Crippen molar-refractivity contribution in [1.82, 2.24) is 10.2 Å². The predicted octanol–water partition coefficient (Wildman–Crippen LogP) is 0.796. The lowest BCUT2D eigenvalue weighted by Gasteiger charge is -2.35. The number of hydrogen-bond donors (Lipinski definition) is 3. The summed E-state index contributed by atoms with van der Waals surface area (Å²) in [5, 5.41) is 20.7. The van der Waals surface area contributed by atoms with Crippen molar-refractivity contribution >= 4 is 12.0 Å². The zero-order valence-electron chi connectivity index (χ0n) is 10.8. The maximum Gasteiger partial charge on any atom is 0.317 e. The Hall–Kier alpha value is -1.30. The molecule has 18 heavy (non-hydrogen) atoms. The van der Waals surface area contributed by atoms with Gasteiger partial charge in [0.2, 0.25) is 0 Å². The summed E-state index contributed by atoms with van der Waals surface area (Å²) in [4.78, 5) is 24.3. The number of carboxylic acid groups (broad SMARTS) is 1. The topological polar surface area (TPSA) is 89.9 Å². The van der Waals surface area contributed by atoms with Crippen LogP contribution in [0.2, 0.25) is 0 Å². The summed E-state index contributed by atoms with van der Waals surface area (Å²) in [7, 11) is 0. The minimum atomic E-state index is -0.917. The zero-order chi connectivity index (χ0) is 13.5. The standard InChI is InChI=1S/C12H22N2O4/c1-2-9(7-11(16)17)13-12(18)14-6-4-3-5-10(14)8-15/h9-10,15H,2-8H2,1H3,(H,13,18)(H,16,17). The first-order valence-corrected chi connectivity index (χ1v) is 6.48. The Labute approximate surface area is 107 Å². The van der Waals surface area contributed by atoms with Crippen LogP contribution in [0.1, 0.15) is 39.0 Å². The van der Waals surface area contributed by atoms with E-state index in [-0.39, 0.29) is 31.1 Å². The van der Waals surface area contributed by atoms with Crippen LogP contribution in [0.3, 0.4) is 0 Å². The summed E-state index contributed by atoms with van der Waals surface area (Å²) in [5.74, 6) is -0.917. The van der Waals surface area contributed by atoms with Crippen LogP contribution in [0.15, 0.2) is 0 Å². The molecule has 1 heterocycles. The Morgan fingerprint density at radius 2 is 2.17 bits per heavy atom. The van der Waals surface area contributed by atoms with Gasteiger partial charge in [-0.05, 0) is 25.7 Å². The van der Waals surface area contributed by atoms with E-state index < -0.39 is 5.97 Å². The van der Waals surface area contributed by atoms with Gasteiger partial charge in [-0.3, -0.25) is 4.79 Å². The Balaban J connectivity index is 2.53. The number of aliphatic carboxylic acids is 1. The van der Waals surface area contributed by atoms with E-state index in [0.717, 1.165) is 19.3 Å². The third-order valence-corrected chi connectivity index (χ3v) is 3.34. The van der Waals surface area contributed by atoms with Gasteiger partial charge in [0.15, 0.2) is 0 Å². The molecule has 2 unspecified atom stereocenters. The molecule has 0 saturated carbocycles. The van der Waals surface area contributed by atoms with E-state index in [2.05, 4.69) is 5.32 Å². The lowest BCUT2D eigenvalue weighted by Crippen LogP contribution is -2.52. The molecule has 1 aliphatic heterocycles. The lowest BCUT2D eigenvalue weighted by atomic mass is 10.0. The normalized spacial score (nSPS) is 21.4. The summed E-state index contributed by atoms with van der Waals surface area (Å²) < 4.78 is 0. The SMILES string of the molecule is CCC(CC(=O)O)NC(=O)N1CCCCC1CO. The van der Waals surface area contributed by atoms with Crippen molar-refractivity contribution in [3.05, 3.63) is 0 Å². The Kier molecular flexibility index (Phi) is 5.91. The molecular formula is C12H22N2O4. The summed E-state index contributed by atoms with van der Waals surface area (Å²) in [6.45, 7) is 2.43. The number of hydrogen-bond acceptors (Lipinski definition) is 3. The van der Waals surface area contributed by atoms with Crippen molar-refractivity contribution in [3.8, 4) is 0 Å². The highest BCUT2D eigenvalue weighted by Gasteiger charge is 2.27. The lowest BCUT2D eigenvalue weighted by molar-refractivity contribution is -0.137. The third-order valence-electron chi connectivity index (χ3n) is 3.34. The average Bonchev–Trinajstić information content (AvgIpc) is 2.37. The van der Waals surface area contributed by atoms with Crippen molar-refractivity contribution in [2.45, 2.75) is 51.1 Å². The van der Waals surface area contributed by atoms with Gasteiger partial charge in [0.1, 0.15) is 0 Å². The van der Waals surface area contributed by atoms with Crippen LogP contribution in [0, 0.1) is 0 Å². The minimum absolute atomic E-state index is 0.0385. The maximum atomic E-state index is 12.0. The first-order valence-electron chi connectivity index (χ1n) is 6.48. The molecule has 1 aliphatic rings. The number of aliphatic hydroxyl groups excluding tert-OH is 1. The van der Waals surface area contributed by atoms with E-state index in [1.807, 2.05) is 6.92 Å². The van der Waals surface area contributed by atoms with Gasteiger partial charge in [0.05, 0.1) is 19.1 Å². The van der Waals surface area contributed by atoms with E-state index in [1.165, 1.54) is 0 Å². The number of amides is 2. The molecule has 0 radical (unpaired) electrons. The number of nitrogens with zero attached hydrogens (tertiary/aromatic N) is 1. The van der Waals surface area contributed by atoms with Gasteiger partial charge in [-0.2, -0.15) is 0 Å². The van der Waals surface area contributed by atoms with Gasteiger partial charge < -0.3 is 20.4 Å². The molecule has 0 spiro atoms. The van der Waals surface area contributed by atoms with Gasteiger partial charge in [-0.15, -0.1) is 0 Å². The molecule has 1 rings (SSSR count). The fourth-order valence-corrected chi connectivity index (χ4v) is 2.22. The highest BCUT2D eigenvalue weighted by molar-refractivity contribution is 5.76. The number of rotatable bonds is 5. The van der Waals surface area contributed by atoms with Crippen LogP contribution >= 0.6 is 0 Å². The highest BCUT2D eigenvalue weighted by atomic mass is 16.4. The van der Waals surface area contributed by atoms with Gasteiger partial charge in [0.25, 0.3) is 0 Å². The number of likely N-dealkylation sites (tertiary alicyclic amines) is 1. The molecule has 1 fully saturated rings. The van der Waals surface area contributed by atoms with E-state index in [9.17, 15) is 14.7 Å². The van der Waals surface area contributed by atoms with Crippen molar-refractivity contribution in [2.75, 3.05) is 13.2 Å². The molecule has 2 amide bonds. The van der Waals surface area contributed by atoms with E-state index >= 15 is 0 Å². The Morgan fingerprint density at radius 1 is 1.44 bits per heavy atom. The average molecular weight is 258 g/mol. The quantitative estimate of drug-likeness (QED) is 0.680. The third kappa shape index (κ3) is 4.18. The van der Waals surface area contributed by atoms with Crippen LogP contribution < -0.4 is 5.32 Å². The molecule has 3 N–H and O–H groups in total. The number of carbonyl (C=O) groups is 2. The minimum Gasteiger partial charge on any atom is -0.481 e. The number of nitrogens with one attached hydrogen (secondary N) is 1. The predicted molar refractivity (Wildman–Crippen MR) is 66.3 cm³/mol. The van der Waals surface area contributed by atoms with Gasteiger partial charge >= 0.3 is 12.0 Å². The summed E-state index contributed by atoms with van der Waals surface area (Å²) in [6.07, 6.45) is 3.26. The van der Waals surface area contributed by atoms with Gasteiger partial charge in [0, 0.05) is 12.6 Å². The first-order chi connectivity index (χ1) is 8.58. The van der Waals surface area contributed by atoms with Crippen molar-refractivity contribution in [3.63, 3.8) is 0 Å². The van der Waals surface area contributed by atoms with E-state index in [0.29, 0.717) is 13.0 Å². The van der Waals surface area contributed by atoms with E-state index in [1.54, 1.807) is 4.90 Å². The molecule has 0 aromatic heterocycles. The van der Waals surface area contributed by atoms with E-state index in [4.69, 9.17) is 5.11 Å². The fourth-order valence-electron chi connectivity index (χ4n) is 2.22. The molecule has 1 saturated heterocycles. The first kappa shape index (κ1) is 14.8. The molecule has 2 atom stereocenters. The van der Waals surface area contributed by atoms with Crippen molar-refractivity contribution in [1.29, 1.82) is 0 Å². The molecule has 6 nitrogen and oxygen atoms in total. The molecule has 0 aromatic rings.